The monoisotopic (exact) mass is 166 g/mol. The van der Waals surface area contributed by atoms with Gasteiger partial charge in [-0.15, -0.1) is 0 Å². The van der Waals surface area contributed by atoms with Crippen LogP contribution in [-0.4, -0.2) is 16.3 Å². The number of carboxylic acids is 1. The van der Waals surface area contributed by atoms with Crippen molar-refractivity contribution in [1.82, 2.24) is 4.57 Å². The van der Waals surface area contributed by atoms with Crippen molar-refractivity contribution in [2.45, 2.75) is 6.92 Å². The van der Waals surface area contributed by atoms with E-state index in [9.17, 15) is 14.7 Å². The van der Waals surface area contributed by atoms with Crippen LogP contribution in [-0.2, 0) is 7.05 Å². The molecule has 0 atom stereocenters. The van der Waals surface area contributed by atoms with Crippen LogP contribution < -0.4 is 5.11 Å². The molecule has 0 radical (unpaired) electrons. The molecule has 0 bridgehead atoms. The average molecular weight is 166 g/mol. The minimum atomic E-state index is -1.27. The molecule has 0 unspecified atom stereocenters. The molecule has 64 valence electrons. The first kappa shape index (κ1) is 8.52. The summed E-state index contributed by atoms with van der Waals surface area (Å²) in [4.78, 5) is 21.2. The number of rotatable bonds is 2. The van der Waals surface area contributed by atoms with Crippen molar-refractivity contribution in [3.05, 3.63) is 23.5 Å². The van der Waals surface area contributed by atoms with Crippen LogP contribution in [0.25, 0.3) is 0 Å². The van der Waals surface area contributed by atoms with E-state index in [1.165, 1.54) is 23.8 Å². The van der Waals surface area contributed by atoms with Crippen molar-refractivity contribution < 1.29 is 14.7 Å². The minimum Gasteiger partial charge on any atom is -0.543 e. The van der Waals surface area contributed by atoms with E-state index in [-0.39, 0.29) is 11.5 Å². The molecule has 0 aliphatic heterocycles. The molecule has 1 aromatic rings. The van der Waals surface area contributed by atoms with E-state index in [0.29, 0.717) is 5.56 Å². The summed E-state index contributed by atoms with van der Waals surface area (Å²) in [5.74, 6) is -1.43. The largest absolute Gasteiger partial charge is 0.543 e. The normalized spacial score (nSPS) is 9.83. The molecule has 0 fully saturated rings. The molecule has 0 spiro atoms. The van der Waals surface area contributed by atoms with Gasteiger partial charge in [0.25, 0.3) is 0 Å². The van der Waals surface area contributed by atoms with Gasteiger partial charge in [-0.05, 0) is 13.0 Å². The SMILES string of the molecule is CC(=O)c1cc(C(=O)[O-])n(C)c1. The molecule has 4 nitrogen and oxygen atoms in total. The maximum Gasteiger partial charge on any atom is 0.161 e. The number of ketones is 1. The van der Waals surface area contributed by atoms with Crippen LogP contribution in [0.4, 0.5) is 0 Å². The molecule has 0 N–H and O–H groups in total. The Balaban J connectivity index is 3.17. The summed E-state index contributed by atoms with van der Waals surface area (Å²) in [6.45, 7) is 1.38. The van der Waals surface area contributed by atoms with Crippen molar-refractivity contribution in [1.29, 1.82) is 0 Å². The lowest BCUT2D eigenvalue weighted by atomic mass is 10.2. The van der Waals surface area contributed by atoms with Crippen LogP contribution in [0, 0.1) is 0 Å². The molecule has 1 aromatic heterocycles. The van der Waals surface area contributed by atoms with Gasteiger partial charge < -0.3 is 14.5 Å². The van der Waals surface area contributed by atoms with E-state index in [1.807, 2.05) is 0 Å². The Hall–Kier alpha value is -1.58. The highest BCUT2D eigenvalue weighted by atomic mass is 16.4. The second-order valence-electron chi connectivity index (χ2n) is 2.57. The number of aromatic nitrogens is 1. The smallest absolute Gasteiger partial charge is 0.161 e. The van der Waals surface area contributed by atoms with Crippen molar-refractivity contribution >= 4 is 11.8 Å². The lowest BCUT2D eigenvalue weighted by Gasteiger charge is -2.01. The Morgan fingerprint density at radius 3 is 2.33 bits per heavy atom. The summed E-state index contributed by atoms with van der Waals surface area (Å²) < 4.78 is 1.35. The number of carbonyl (C=O) groups is 2. The molecule has 1 heterocycles. The standard InChI is InChI=1S/C8H9NO3/c1-5(10)6-3-7(8(11)12)9(2)4-6/h3-4H,1-2H3,(H,11,12)/p-1. The fourth-order valence-electron chi connectivity index (χ4n) is 0.960. The zero-order valence-corrected chi connectivity index (χ0v) is 6.83. The van der Waals surface area contributed by atoms with E-state index < -0.39 is 5.97 Å². The summed E-state index contributed by atoms with van der Waals surface area (Å²) in [6.07, 6.45) is 1.47. The summed E-state index contributed by atoms with van der Waals surface area (Å²) >= 11 is 0. The molecule has 0 aliphatic carbocycles. The molecule has 12 heavy (non-hydrogen) atoms. The van der Waals surface area contributed by atoms with Gasteiger partial charge in [0.15, 0.2) is 5.78 Å². The summed E-state index contributed by atoms with van der Waals surface area (Å²) in [5.41, 5.74) is 0.400. The van der Waals surface area contributed by atoms with Gasteiger partial charge in [0, 0.05) is 18.8 Å². The predicted octanol–water partition coefficient (Wildman–Crippen LogP) is -0.409. The van der Waals surface area contributed by atoms with E-state index in [1.54, 1.807) is 7.05 Å². The summed E-state index contributed by atoms with van der Waals surface area (Å²) in [7, 11) is 1.55. The highest BCUT2D eigenvalue weighted by Crippen LogP contribution is 2.06. The average Bonchev–Trinajstić information content (AvgIpc) is 2.30. The molecule has 0 saturated heterocycles. The van der Waals surface area contributed by atoms with Gasteiger partial charge in [0.05, 0.1) is 11.7 Å². The molecular weight excluding hydrogens is 158 g/mol. The Kier molecular flexibility index (Phi) is 1.99. The third-order valence-electron chi connectivity index (χ3n) is 1.62. The van der Waals surface area contributed by atoms with Crippen molar-refractivity contribution in [3.63, 3.8) is 0 Å². The Morgan fingerprint density at radius 2 is 2.08 bits per heavy atom. The van der Waals surface area contributed by atoms with E-state index >= 15 is 0 Å². The minimum absolute atomic E-state index is 0.0141. The number of carbonyl (C=O) groups excluding carboxylic acids is 2. The van der Waals surface area contributed by atoms with E-state index in [4.69, 9.17) is 0 Å². The number of carboxylic acid groups (broad SMARTS) is 1. The number of aryl methyl sites for hydroxylation is 1. The number of hydrogen-bond acceptors (Lipinski definition) is 3. The van der Waals surface area contributed by atoms with Gasteiger partial charge >= 0.3 is 0 Å². The zero-order valence-electron chi connectivity index (χ0n) is 6.83. The van der Waals surface area contributed by atoms with Crippen LogP contribution in [0.15, 0.2) is 12.3 Å². The fourth-order valence-corrected chi connectivity index (χ4v) is 0.960. The maximum atomic E-state index is 10.8. The third-order valence-corrected chi connectivity index (χ3v) is 1.62. The van der Waals surface area contributed by atoms with Crippen molar-refractivity contribution in [3.8, 4) is 0 Å². The predicted molar refractivity (Wildman–Crippen MR) is 39.7 cm³/mol. The quantitative estimate of drug-likeness (QED) is 0.561. The Bertz CT molecular complexity index is 338. The first-order chi connectivity index (χ1) is 5.52. The topological polar surface area (TPSA) is 62.1 Å². The highest BCUT2D eigenvalue weighted by molar-refractivity contribution is 5.96. The second kappa shape index (κ2) is 2.81. The molecule has 1 rings (SSSR count). The first-order valence-corrected chi connectivity index (χ1v) is 3.41. The van der Waals surface area contributed by atoms with E-state index in [0.717, 1.165) is 0 Å². The molecule has 0 amide bonds. The van der Waals surface area contributed by atoms with Crippen LogP contribution in [0.3, 0.4) is 0 Å². The lowest BCUT2D eigenvalue weighted by Crippen LogP contribution is -2.24. The number of nitrogens with zero attached hydrogens (tertiary/aromatic N) is 1. The van der Waals surface area contributed by atoms with Gasteiger partial charge in [-0.1, -0.05) is 0 Å². The molecule has 0 saturated carbocycles. The zero-order chi connectivity index (χ0) is 9.30. The van der Waals surface area contributed by atoms with Gasteiger partial charge in [0.1, 0.15) is 0 Å². The lowest BCUT2D eigenvalue weighted by molar-refractivity contribution is -0.255. The highest BCUT2D eigenvalue weighted by Gasteiger charge is 2.06. The number of aromatic carboxylic acids is 1. The second-order valence-corrected chi connectivity index (χ2v) is 2.57. The van der Waals surface area contributed by atoms with Crippen LogP contribution in [0.1, 0.15) is 27.8 Å². The van der Waals surface area contributed by atoms with Gasteiger partial charge in [0.2, 0.25) is 0 Å². The number of Topliss-reactive ketones (excluding diaryl/α,β-unsaturated/α-hetero) is 1. The van der Waals surface area contributed by atoms with Gasteiger partial charge in [-0.3, -0.25) is 4.79 Å². The number of hydrogen-bond donors (Lipinski definition) is 0. The van der Waals surface area contributed by atoms with Crippen molar-refractivity contribution in [2.24, 2.45) is 7.05 Å². The van der Waals surface area contributed by atoms with Crippen LogP contribution in [0.5, 0.6) is 0 Å². The van der Waals surface area contributed by atoms with E-state index in [2.05, 4.69) is 0 Å². The molecular formula is C8H8NO3-. The molecule has 0 aliphatic rings. The first-order valence-electron chi connectivity index (χ1n) is 3.41. The third kappa shape index (κ3) is 1.37. The van der Waals surface area contributed by atoms with Crippen molar-refractivity contribution in [2.75, 3.05) is 0 Å². The van der Waals surface area contributed by atoms with Gasteiger partial charge in [-0.25, -0.2) is 0 Å². The molecule has 0 aromatic carbocycles. The van der Waals surface area contributed by atoms with Gasteiger partial charge in [-0.2, -0.15) is 0 Å². The fraction of sp³-hybridized carbons (Fsp3) is 0.250. The Labute approximate surface area is 69.4 Å². The summed E-state index contributed by atoms with van der Waals surface area (Å²) in [5, 5.41) is 10.4. The Morgan fingerprint density at radius 1 is 1.50 bits per heavy atom. The molecule has 4 heteroatoms. The van der Waals surface area contributed by atoms with Crippen LogP contribution >= 0.6 is 0 Å². The maximum absolute atomic E-state index is 10.8. The summed E-state index contributed by atoms with van der Waals surface area (Å²) in [6, 6.07) is 1.30. The van der Waals surface area contributed by atoms with Crippen LogP contribution in [0.2, 0.25) is 0 Å².